The summed E-state index contributed by atoms with van der Waals surface area (Å²) in [6.45, 7) is 4.21. The SMILES string of the molecule is COc1cc(C)c(CN(C)C(=O)c2cc(C)cc(Br)c2O)cc1OC. The van der Waals surface area contributed by atoms with Gasteiger partial charge in [-0.3, -0.25) is 4.79 Å². The van der Waals surface area contributed by atoms with E-state index < -0.39 is 0 Å². The molecule has 25 heavy (non-hydrogen) atoms. The van der Waals surface area contributed by atoms with Crippen LogP contribution in [0.25, 0.3) is 0 Å². The number of phenolic OH excluding ortho intramolecular Hbond substituents is 1. The molecule has 0 aliphatic rings. The van der Waals surface area contributed by atoms with Gasteiger partial charge in [-0.2, -0.15) is 0 Å². The summed E-state index contributed by atoms with van der Waals surface area (Å²) in [5.74, 6) is 0.964. The zero-order chi connectivity index (χ0) is 18.7. The molecule has 0 aliphatic heterocycles. The minimum absolute atomic E-state index is 0.0496. The Kier molecular flexibility index (Phi) is 5.95. The fraction of sp³-hybridized carbons (Fsp3) is 0.316. The van der Waals surface area contributed by atoms with Crippen molar-refractivity contribution in [1.82, 2.24) is 4.90 Å². The lowest BCUT2D eigenvalue weighted by Crippen LogP contribution is -2.26. The van der Waals surface area contributed by atoms with Crippen LogP contribution in [0.5, 0.6) is 17.2 Å². The van der Waals surface area contributed by atoms with Crippen molar-refractivity contribution in [3.8, 4) is 17.2 Å². The highest BCUT2D eigenvalue weighted by molar-refractivity contribution is 9.10. The molecule has 2 rings (SSSR count). The minimum Gasteiger partial charge on any atom is -0.506 e. The number of carbonyl (C=O) groups excluding carboxylic acids is 1. The number of hydrogen-bond acceptors (Lipinski definition) is 4. The molecular formula is C19H22BrNO4. The first-order valence-electron chi connectivity index (χ1n) is 7.74. The van der Waals surface area contributed by atoms with Crippen LogP contribution in [0, 0.1) is 13.8 Å². The van der Waals surface area contributed by atoms with E-state index in [1.807, 2.05) is 26.0 Å². The monoisotopic (exact) mass is 407 g/mol. The maximum Gasteiger partial charge on any atom is 0.257 e. The molecule has 0 aromatic heterocycles. The predicted octanol–water partition coefficient (Wildman–Crippen LogP) is 4.06. The van der Waals surface area contributed by atoms with Gasteiger partial charge in [-0.15, -0.1) is 0 Å². The van der Waals surface area contributed by atoms with E-state index in [4.69, 9.17) is 9.47 Å². The molecule has 134 valence electrons. The van der Waals surface area contributed by atoms with Crippen molar-refractivity contribution in [3.63, 3.8) is 0 Å². The molecule has 0 bridgehead atoms. The summed E-state index contributed by atoms with van der Waals surface area (Å²) in [5.41, 5.74) is 3.10. The van der Waals surface area contributed by atoms with Gasteiger partial charge in [-0.25, -0.2) is 0 Å². The van der Waals surface area contributed by atoms with E-state index in [2.05, 4.69) is 15.9 Å². The number of phenols is 1. The van der Waals surface area contributed by atoms with Crippen molar-refractivity contribution in [3.05, 3.63) is 51.0 Å². The molecule has 0 radical (unpaired) electrons. The van der Waals surface area contributed by atoms with Gasteiger partial charge in [0.05, 0.1) is 24.3 Å². The summed E-state index contributed by atoms with van der Waals surface area (Å²) >= 11 is 3.28. The zero-order valence-electron chi connectivity index (χ0n) is 15.0. The van der Waals surface area contributed by atoms with Gasteiger partial charge in [-0.1, -0.05) is 0 Å². The van der Waals surface area contributed by atoms with Gasteiger partial charge in [0.1, 0.15) is 5.75 Å². The normalized spacial score (nSPS) is 10.5. The number of hydrogen-bond donors (Lipinski definition) is 1. The van der Waals surface area contributed by atoms with Crippen molar-refractivity contribution in [1.29, 1.82) is 0 Å². The second-order valence-corrected chi connectivity index (χ2v) is 6.79. The largest absolute Gasteiger partial charge is 0.506 e. The molecule has 0 fully saturated rings. The number of benzene rings is 2. The summed E-state index contributed by atoms with van der Waals surface area (Å²) in [6, 6.07) is 7.20. The lowest BCUT2D eigenvalue weighted by atomic mass is 10.1. The van der Waals surface area contributed by atoms with E-state index in [0.717, 1.165) is 16.7 Å². The Hall–Kier alpha value is -2.21. The summed E-state index contributed by atoms with van der Waals surface area (Å²) in [4.78, 5) is 14.3. The van der Waals surface area contributed by atoms with Crippen LogP contribution in [-0.4, -0.2) is 37.2 Å². The number of nitrogens with zero attached hydrogens (tertiary/aromatic N) is 1. The van der Waals surface area contributed by atoms with Gasteiger partial charge in [0.2, 0.25) is 0 Å². The number of rotatable bonds is 5. The molecule has 5 nitrogen and oxygen atoms in total. The van der Waals surface area contributed by atoms with Crippen molar-refractivity contribution in [2.45, 2.75) is 20.4 Å². The number of aryl methyl sites for hydroxylation is 2. The van der Waals surface area contributed by atoms with Crippen molar-refractivity contribution in [2.24, 2.45) is 0 Å². The van der Waals surface area contributed by atoms with Crippen molar-refractivity contribution < 1.29 is 19.4 Å². The predicted molar refractivity (Wildman–Crippen MR) is 101 cm³/mol. The third kappa shape index (κ3) is 4.07. The Balaban J connectivity index is 2.31. The molecule has 1 amide bonds. The van der Waals surface area contributed by atoms with Crippen molar-refractivity contribution in [2.75, 3.05) is 21.3 Å². The number of amides is 1. The Morgan fingerprint density at radius 1 is 1.12 bits per heavy atom. The smallest absolute Gasteiger partial charge is 0.257 e. The van der Waals surface area contributed by atoms with E-state index in [-0.39, 0.29) is 17.2 Å². The Morgan fingerprint density at radius 2 is 1.72 bits per heavy atom. The standard InChI is InChI=1S/C19H22BrNO4/c1-11-6-14(18(22)15(20)7-11)19(23)21(3)10-13-9-17(25-5)16(24-4)8-12(13)2/h6-9,22H,10H2,1-5H3. The third-order valence-corrected chi connectivity index (χ3v) is 4.64. The molecule has 1 N–H and O–H groups in total. The molecule has 0 spiro atoms. The van der Waals surface area contributed by atoms with Gasteiger partial charge < -0.3 is 19.5 Å². The number of ether oxygens (including phenoxy) is 2. The number of aromatic hydroxyl groups is 1. The van der Waals surface area contributed by atoms with Crippen LogP contribution in [0.1, 0.15) is 27.0 Å². The highest BCUT2D eigenvalue weighted by Crippen LogP contribution is 2.32. The first kappa shape index (κ1) is 19.1. The maximum atomic E-state index is 12.8. The summed E-state index contributed by atoms with van der Waals surface area (Å²) in [7, 11) is 4.87. The second-order valence-electron chi connectivity index (χ2n) is 5.94. The third-order valence-electron chi connectivity index (χ3n) is 4.03. The van der Waals surface area contributed by atoms with Gasteiger partial charge in [0.25, 0.3) is 5.91 Å². The van der Waals surface area contributed by atoms with Crippen LogP contribution in [0.4, 0.5) is 0 Å². The average molecular weight is 408 g/mol. The summed E-state index contributed by atoms with van der Waals surface area (Å²) < 4.78 is 11.1. The van der Waals surface area contributed by atoms with Crippen LogP contribution >= 0.6 is 15.9 Å². The molecule has 2 aromatic rings. The number of carbonyl (C=O) groups is 1. The average Bonchev–Trinajstić information content (AvgIpc) is 2.58. The van der Waals surface area contributed by atoms with Gasteiger partial charge in [-0.05, 0) is 70.7 Å². The van der Waals surface area contributed by atoms with Gasteiger partial charge in [0.15, 0.2) is 11.5 Å². The quantitative estimate of drug-likeness (QED) is 0.811. The van der Waals surface area contributed by atoms with Gasteiger partial charge >= 0.3 is 0 Å². The number of methoxy groups -OCH3 is 2. The molecule has 0 saturated carbocycles. The van der Waals surface area contributed by atoms with Gasteiger partial charge in [0, 0.05) is 13.6 Å². The molecule has 0 heterocycles. The summed E-state index contributed by atoms with van der Waals surface area (Å²) in [6.07, 6.45) is 0. The van der Waals surface area contributed by atoms with E-state index in [9.17, 15) is 9.90 Å². The lowest BCUT2D eigenvalue weighted by Gasteiger charge is -2.21. The van der Waals surface area contributed by atoms with E-state index >= 15 is 0 Å². The Labute approximate surface area is 156 Å². The van der Waals surface area contributed by atoms with Crippen LogP contribution in [0.15, 0.2) is 28.7 Å². The molecule has 0 unspecified atom stereocenters. The van der Waals surface area contributed by atoms with Crippen LogP contribution in [0.2, 0.25) is 0 Å². The molecule has 0 atom stereocenters. The van der Waals surface area contributed by atoms with E-state index in [1.165, 1.54) is 0 Å². The van der Waals surface area contributed by atoms with E-state index in [1.54, 1.807) is 38.3 Å². The fourth-order valence-corrected chi connectivity index (χ4v) is 3.20. The molecule has 0 aliphatic carbocycles. The lowest BCUT2D eigenvalue weighted by molar-refractivity contribution is 0.0781. The van der Waals surface area contributed by atoms with E-state index in [0.29, 0.717) is 22.5 Å². The van der Waals surface area contributed by atoms with Crippen molar-refractivity contribution >= 4 is 21.8 Å². The Bertz CT molecular complexity index is 804. The molecular weight excluding hydrogens is 386 g/mol. The topological polar surface area (TPSA) is 59.0 Å². The maximum absolute atomic E-state index is 12.8. The van der Waals surface area contributed by atoms with Crippen LogP contribution in [0.3, 0.4) is 0 Å². The zero-order valence-corrected chi connectivity index (χ0v) is 16.6. The Morgan fingerprint density at radius 3 is 2.32 bits per heavy atom. The first-order valence-corrected chi connectivity index (χ1v) is 8.53. The van der Waals surface area contributed by atoms with Crippen LogP contribution in [-0.2, 0) is 6.54 Å². The molecule has 6 heteroatoms. The second kappa shape index (κ2) is 7.78. The molecule has 2 aromatic carbocycles. The highest BCUT2D eigenvalue weighted by Gasteiger charge is 2.20. The van der Waals surface area contributed by atoms with Crippen LogP contribution < -0.4 is 9.47 Å². The summed E-state index contributed by atoms with van der Waals surface area (Å²) in [5, 5.41) is 10.2. The minimum atomic E-state index is -0.254. The first-order chi connectivity index (χ1) is 11.8. The fourth-order valence-electron chi connectivity index (χ4n) is 2.62. The molecule has 0 saturated heterocycles. The highest BCUT2D eigenvalue weighted by atomic mass is 79.9. The number of halogens is 1.